The normalized spacial score (nSPS) is 16.1. The van der Waals surface area contributed by atoms with Crippen molar-refractivity contribution in [2.24, 2.45) is 16.7 Å². The quantitative estimate of drug-likeness (QED) is 0.589. The third kappa shape index (κ3) is 4.48. The van der Waals surface area contributed by atoms with Crippen LogP contribution >= 0.6 is 0 Å². The third-order valence-electron chi connectivity index (χ3n) is 3.61. The first kappa shape index (κ1) is 14.0. The number of rotatable bonds is 4. The first-order chi connectivity index (χ1) is 6.10. The fraction of sp³-hybridized carbons (Fsp3) is 0.929. The predicted octanol–water partition coefficient (Wildman–Crippen LogP) is 5.09. The van der Waals surface area contributed by atoms with Gasteiger partial charge in [-0.3, -0.25) is 0 Å². The Morgan fingerprint density at radius 1 is 1.07 bits per heavy atom. The monoisotopic (exact) mass is 197 g/mol. The zero-order valence-electron chi connectivity index (χ0n) is 11.5. The number of hydrogen-bond acceptors (Lipinski definition) is 0. The lowest BCUT2D eigenvalue weighted by Gasteiger charge is -2.37. The Balaban J connectivity index is 4.33. The lowest BCUT2D eigenvalue weighted by atomic mass is 9.68. The van der Waals surface area contributed by atoms with Crippen LogP contribution in [0.4, 0.5) is 0 Å². The summed E-state index contributed by atoms with van der Waals surface area (Å²) in [6, 6.07) is 0. The molecule has 0 aliphatic rings. The summed E-state index contributed by atoms with van der Waals surface area (Å²) in [5.74, 6) is 2.40. The largest absolute Gasteiger partial charge is 0.0649 e. The second kappa shape index (κ2) is 4.68. The van der Waals surface area contributed by atoms with E-state index in [9.17, 15) is 0 Å². The maximum Gasteiger partial charge on any atom is -0.0187 e. The van der Waals surface area contributed by atoms with Crippen LogP contribution in [0.5, 0.6) is 0 Å². The zero-order chi connectivity index (χ0) is 11.6. The average molecular weight is 197 g/mol. The lowest BCUT2D eigenvalue weighted by Crippen LogP contribution is -2.27. The summed E-state index contributed by atoms with van der Waals surface area (Å²) in [5, 5.41) is 0. The van der Waals surface area contributed by atoms with Gasteiger partial charge in [0.05, 0.1) is 0 Å². The molecule has 1 radical (unpaired) electrons. The van der Waals surface area contributed by atoms with E-state index in [4.69, 9.17) is 0 Å². The van der Waals surface area contributed by atoms with E-state index in [2.05, 4.69) is 55.4 Å². The molecule has 0 aliphatic heterocycles. The van der Waals surface area contributed by atoms with Gasteiger partial charge in [-0.1, -0.05) is 61.8 Å². The van der Waals surface area contributed by atoms with Crippen LogP contribution in [-0.4, -0.2) is 0 Å². The Labute approximate surface area is 91.5 Å². The SMILES string of the molecule is CCC(C)(C)[C](C)C(C)CC(C)(C)C. The van der Waals surface area contributed by atoms with E-state index in [1.54, 1.807) is 5.92 Å². The van der Waals surface area contributed by atoms with E-state index >= 15 is 0 Å². The van der Waals surface area contributed by atoms with Gasteiger partial charge in [0.15, 0.2) is 0 Å². The summed E-state index contributed by atoms with van der Waals surface area (Å²) in [4.78, 5) is 0. The highest BCUT2D eigenvalue weighted by atomic mass is 14.4. The van der Waals surface area contributed by atoms with Crippen LogP contribution in [0, 0.1) is 22.7 Å². The Hall–Kier alpha value is 0. The van der Waals surface area contributed by atoms with Crippen LogP contribution in [0.3, 0.4) is 0 Å². The zero-order valence-corrected chi connectivity index (χ0v) is 11.5. The molecule has 0 saturated carbocycles. The molecule has 0 heteroatoms. The van der Waals surface area contributed by atoms with Crippen LogP contribution < -0.4 is 0 Å². The van der Waals surface area contributed by atoms with Crippen LogP contribution in [0.1, 0.15) is 68.2 Å². The molecule has 0 N–H and O–H groups in total. The smallest absolute Gasteiger partial charge is 0.0187 e. The maximum absolute atomic E-state index is 2.37. The molecule has 0 aromatic heterocycles. The third-order valence-corrected chi connectivity index (χ3v) is 3.61. The summed E-state index contributed by atoms with van der Waals surface area (Å²) < 4.78 is 0. The highest BCUT2D eigenvalue weighted by Crippen LogP contribution is 2.41. The minimum absolute atomic E-state index is 0.407. The second-order valence-electron chi connectivity index (χ2n) is 6.59. The van der Waals surface area contributed by atoms with Gasteiger partial charge in [0.1, 0.15) is 0 Å². The van der Waals surface area contributed by atoms with Crippen molar-refractivity contribution in [1.29, 1.82) is 0 Å². The summed E-state index contributed by atoms with van der Waals surface area (Å²) in [7, 11) is 0. The second-order valence-corrected chi connectivity index (χ2v) is 6.59. The minimum atomic E-state index is 0.407. The van der Waals surface area contributed by atoms with E-state index in [-0.39, 0.29) is 0 Å². The first-order valence-corrected chi connectivity index (χ1v) is 5.94. The van der Waals surface area contributed by atoms with Crippen LogP contribution in [0.25, 0.3) is 0 Å². The van der Waals surface area contributed by atoms with Gasteiger partial charge in [0, 0.05) is 0 Å². The average Bonchev–Trinajstić information content (AvgIpc) is 2.00. The molecule has 0 bridgehead atoms. The minimum Gasteiger partial charge on any atom is -0.0649 e. The fourth-order valence-corrected chi connectivity index (χ4v) is 2.02. The lowest BCUT2D eigenvalue weighted by molar-refractivity contribution is 0.249. The fourth-order valence-electron chi connectivity index (χ4n) is 2.02. The van der Waals surface area contributed by atoms with E-state index < -0.39 is 0 Å². The maximum atomic E-state index is 2.37. The Bertz CT molecular complexity index is 159. The molecular formula is C14H29. The van der Waals surface area contributed by atoms with Crippen molar-refractivity contribution >= 4 is 0 Å². The molecule has 0 heterocycles. The Kier molecular flexibility index (Phi) is 4.68. The van der Waals surface area contributed by atoms with Crippen LogP contribution in [0.2, 0.25) is 0 Å². The van der Waals surface area contributed by atoms with Gasteiger partial charge >= 0.3 is 0 Å². The Morgan fingerprint density at radius 3 is 1.79 bits per heavy atom. The van der Waals surface area contributed by atoms with Gasteiger partial charge in [-0.05, 0) is 29.1 Å². The highest BCUT2D eigenvalue weighted by Gasteiger charge is 2.30. The predicted molar refractivity (Wildman–Crippen MR) is 66.2 cm³/mol. The van der Waals surface area contributed by atoms with Crippen LogP contribution in [-0.2, 0) is 0 Å². The summed E-state index contributed by atoms with van der Waals surface area (Å²) in [5.41, 5.74) is 0.856. The summed E-state index contributed by atoms with van der Waals surface area (Å²) in [6.45, 7) is 18.7. The van der Waals surface area contributed by atoms with E-state index in [1.165, 1.54) is 12.8 Å². The first-order valence-electron chi connectivity index (χ1n) is 5.94. The van der Waals surface area contributed by atoms with Gasteiger partial charge in [-0.25, -0.2) is 0 Å². The molecule has 0 rings (SSSR count). The molecule has 0 amide bonds. The van der Waals surface area contributed by atoms with Gasteiger partial charge in [0.25, 0.3) is 0 Å². The van der Waals surface area contributed by atoms with Gasteiger partial charge in [-0.15, -0.1) is 0 Å². The molecule has 85 valence electrons. The highest BCUT2D eigenvalue weighted by molar-refractivity contribution is 5.02. The summed E-state index contributed by atoms with van der Waals surface area (Å²) >= 11 is 0. The van der Waals surface area contributed by atoms with Gasteiger partial charge in [0.2, 0.25) is 0 Å². The molecule has 0 spiro atoms. The van der Waals surface area contributed by atoms with E-state index in [1.807, 2.05) is 0 Å². The molecule has 0 aromatic carbocycles. The molecule has 0 saturated heterocycles. The molecule has 1 atom stereocenters. The van der Waals surface area contributed by atoms with E-state index in [0.717, 1.165) is 5.92 Å². The summed E-state index contributed by atoms with van der Waals surface area (Å²) in [6.07, 6.45) is 2.54. The molecular weight excluding hydrogens is 168 g/mol. The molecule has 0 fully saturated rings. The van der Waals surface area contributed by atoms with Gasteiger partial charge in [-0.2, -0.15) is 0 Å². The number of hydrogen-bond donors (Lipinski definition) is 0. The topological polar surface area (TPSA) is 0 Å². The van der Waals surface area contributed by atoms with Crippen molar-refractivity contribution in [3.8, 4) is 0 Å². The molecule has 0 nitrogen and oxygen atoms in total. The molecule has 0 aliphatic carbocycles. The molecule has 1 unspecified atom stereocenters. The molecule has 14 heavy (non-hydrogen) atoms. The van der Waals surface area contributed by atoms with Crippen molar-refractivity contribution < 1.29 is 0 Å². The molecule has 0 aromatic rings. The van der Waals surface area contributed by atoms with Crippen molar-refractivity contribution in [3.63, 3.8) is 0 Å². The van der Waals surface area contributed by atoms with Crippen molar-refractivity contribution in [3.05, 3.63) is 5.92 Å². The van der Waals surface area contributed by atoms with Crippen molar-refractivity contribution in [1.82, 2.24) is 0 Å². The van der Waals surface area contributed by atoms with Gasteiger partial charge < -0.3 is 0 Å². The van der Waals surface area contributed by atoms with E-state index in [0.29, 0.717) is 10.8 Å². The Morgan fingerprint density at radius 2 is 1.50 bits per heavy atom. The van der Waals surface area contributed by atoms with Crippen molar-refractivity contribution in [2.45, 2.75) is 68.2 Å². The van der Waals surface area contributed by atoms with Crippen LogP contribution in [0.15, 0.2) is 0 Å². The van der Waals surface area contributed by atoms with Crippen molar-refractivity contribution in [2.75, 3.05) is 0 Å². The standard InChI is InChI=1S/C14H29/c1-9-14(7,8)12(3)11(2)10-13(4,5)6/h11H,9-10H2,1-8H3.